The SMILES string of the molecule is CCC(=O)C(C)(C)[C@H](CC(=O)N1C2CC3CC[C@]2(CS1(=O)=O)C3(C)C)OC.P. The van der Waals surface area contributed by atoms with E-state index in [-0.39, 0.29) is 44.7 Å². The Kier molecular flexibility index (Phi) is 6.21. The predicted octanol–water partition coefficient (Wildman–Crippen LogP) is 2.82. The number of ether oxygens (including phenoxy) is 1. The zero-order valence-electron chi connectivity index (χ0n) is 18.1. The molecule has 162 valence electrons. The normalized spacial score (nSPS) is 33.3. The fourth-order valence-corrected chi connectivity index (χ4v) is 8.69. The second-order valence-corrected chi connectivity index (χ2v) is 11.6. The lowest BCUT2D eigenvalue weighted by Gasteiger charge is -2.37. The molecule has 1 heterocycles. The lowest BCUT2D eigenvalue weighted by Crippen LogP contribution is -2.47. The van der Waals surface area contributed by atoms with Crippen LogP contribution in [0.3, 0.4) is 0 Å². The van der Waals surface area contributed by atoms with E-state index in [9.17, 15) is 18.0 Å². The quantitative estimate of drug-likeness (QED) is 0.602. The molecular weight excluding hydrogens is 397 g/mol. The van der Waals surface area contributed by atoms with Crippen LogP contribution in [0.15, 0.2) is 0 Å². The van der Waals surface area contributed by atoms with Gasteiger partial charge < -0.3 is 4.74 Å². The molecule has 6 nitrogen and oxygen atoms in total. The van der Waals surface area contributed by atoms with Crippen LogP contribution in [-0.2, 0) is 24.3 Å². The van der Waals surface area contributed by atoms with Gasteiger partial charge in [0.25, 0.3) is 0 Å². The molecule has 2 aliphatic carbocycles. The van der Waals surface area contributed by atoms with Gasteiger partial charge in [-0.25, -0.2) is 12.7 Å². The van der Waals surface area contributed by atoms with Crippen LogP contribution < -0.4 is 0 Å². The number of methoxy groups -OCH3 is 1. The number of fused-ring (bicyclic) bond motifs is 1. The van der Waals surface area contributed by atoms with Gasteiger partial charge in [-0.1, -0.05) is 34.6 Å². The van der Waals surface area contributed by atoms with E-state index >= 15 is 0 Å². The zero-order valence-corrected chi connectivity index (χ0v) is 20.3. The van der Waals surface area contributed by atoms with Gasteiger partial charge in [-0.15, -0.1) is 0 Å². The van der Waals surface area contributed by atoms with Crippen LogP contribution in [0, 0.1) is 22.2 Å². The summed E-state index contributed by atoms with van der Waals surface area (Å²) >= 11 is 0. The Morgan fingerprint density at radius 3 is 2.39 bits per heavy atom. The van der Waals surface area contributed by atoms with E-state index in [1.165, 1.54) is 11.4 Å². The highest BCUT2D eigenvalue weighted by atomic mass is 32.2. The first-order valence-corrected chi connectivity index (χ1v) is 11.6. The molecule has 1 saturated heterocycles. The van der Waals surface area contributed by atoms with Crippen molar-refractivity contribution in [2.45, 2.75) is 78.9 Å². The predicted molar refractivity (Wildman–Crippen MR) is 114 cm³/mol. The Labute approximate surface area is 172 Å². The molecule has 28 heavy (non-hydrogen) atoms. The third-order valence-corrected chi connectivity index (χ3v) is 10.1. The highest BCUT2D eigenvalue weighted by Gasteiger charge is 2.72. The molecular formula is C20H36NO5PS. The first-order chi connectivity index (χ1) is 12.3. The number of Topliss-reactive ketones (excluding diaryl/α,β-unsaturated/α-hetero) is 1. The number of hydrogen-bond acceptors (Lipinski definition) is 5. The van der Waals surface area contributed by atoms with Gasteiger partial charge in [0.1, 0.15) is 5.78 Å². The number of carbonyl (C=O) groups is 2. The minimum atomic E-state index is -3.64. The van der Waals surface area contributed by atoms with E-state index in [2.05, 4.69) is 13.8 Å². The minimum Gasteiger partial charge on any atom is -0.380 e. The standard InChI is InChI=1S/C20H33NO5S.H3P/c1-7-15(22)18(2,3)16(26-6)11-17(23)21-14-10-13-8-9-20(14,19(13,4)5)12-27(21,24)25;/h13-14,16H,7-12H2,1-6H3;1H3/t13?,14?,16-,20+;/m0./s1. The summed E-state index contributed by atoms with van der Waals surface area (Å²) in [6, 6.07) is -0.244. The zero-order chi connectivity index (χ0) is 20.4. The average molecular weight is 434 g/mol. The van der Waals surface area contributed by atoms with Crippen molar-refractivity contribution in [3.8, 4) is 0 Å². The van der Waals surface area contributed by atoms with E-state index < -0.39 is 27.4 Å². The van der Waals surface area contributed by atoms with E-state index in [1.54, 1.807) is 20.8 Å². The molecule has 3 rings (SSSR count). The Balaban J connectivity index is 0.00000280. The molecule has 0 N–H and O–H groups in total. The molecule has 1 aliphatic heterocycles. The van der Waals surface area contributed by atoms with Gasteiger partial charge in [0.15, 0.2) is 0 Å². The number of carbonyl (C=O) groups excluding carboxylic acids is 2. The van der Waals surface area contributed by atoms with Crippen LogP contribution in [-0.4, -0.2) is 49.4 Å². The van der Waals surface area contributed by atoms with E-state index in [0.717, 1.165) is 19.3 Å². The van der Waals surface area contributed by atoms with Crippen molar-refractivity contribution < 1.29 is 22.7 Å². The lowest BCUT2D eigenvalue weighted by atomic mass is 9.69. The summed E-state index contributed by atoms with van der Waals surface area (Å²) in [6.45, 7) is 9.64. The van der Waals surface area contributed by atoms with Crippen molar-refractivity contribution in [2.24, 2.45) is 22.2 Å². The molecule has 5 atom stereocenters. The molecule has 1 spiro atoms. The highest BCUT2D eigenvalue weighted by Crippen LogP contribution is 2.70. The largest absolute Gasteiger partial charge is 0.380 e. The van der Waals surface area contributed by atoms with Crippen molar-refractivity contribution in [1.82, 2.24) is 4.31 Å². The fourth-order valence-electron chi connectivity index (χ4n) is 6.13. The van der Waals surface area contributed by atoms with Gasteiger partial charge in [0, 0.05) is 24.4 Å². The van der Waals surface area contributed by atoms with Gasteiger partial charge in [0.2, 0.25) is 15.9 Å². The number of ketones is 1. The van der Waals surface area contributed by atoms with E-state index in [0.29, 0.717) is 12.3 Å². The molecule has 3 unspecified atom stereocenters. The molecule has 3 fully saturated rings. The van der Waals surface area contributed by atoms with Crippen LogP contribution in [0.2, 0.25) is 0 Å². The Morgan fingerprint density at radius 1 is 1.29 bits per heavy atom. The Hall–Kier alpha value is -0.520. The summed E-state index contributed by atoms with van der Waals surface area (Å²) in [6.07, 6.45) is 2.28. The molecule has 0 aromatic rings. The van der Waals surface area contributed by atoms with Gasteiger partial charge in [-0.3, -0.25) is 9.59 Å². The maximum Gasteiger partial charge on any atom is 0.238 e. The molecule has 3 aliphatic rings. The summed E-state index contributed by atoms with van der Waals surface area (Å²) in [5.74, 6) is 0.104. The topological polar surface area (TPSA) is 80.8 Å². The molecule has 0 aromatic carbocycles. The van der Waals surface area contributed by atoms with Crippen molar-refractivity contribution in [3.63, 3.8) is 0 Å². The molecule has 1 amide bonds. The number of hydrogen-bond donors (Lipinski definition) is 0. The fraction of sp³-hybridized carbons (Fsp3) is 0.900. The second-order valence-electron chi connectivity index (χ2n) is 9.74. The maximum absolute atomic E-state index is 13.2. The van der Waals surface area contributed by atoms with Crippen molar-refractivity contribution in [3.05, 3.63) is 0 Å². The van der Waals surface area contributed by atoms with Crippen molar-refractivity contribution in [2.75, 3.05) is 12.9 Å². The summed E-state index contributed by atoms with van der Waals surface area (Å²) in [5, 5.41) is 0. The number of amides is 1. The van der Waals surface area contributed by atoms with Crippen molar-refractivity contribution in [1.29, 1.82) is 0 Å². The van der Waals surface area contributed by atoms with Gasteiger partial charge in [0.05, 0.1) is 24.3 Å². The third kappa shape index (κ3) is 3.07. The van der Waals surface area contributed by atoms with Crippen LogP contribution in [0.5, 0.6) is 0 Å². The molecule has 0 radical (unpaired) electrons. The van der Waals surface area contributed by atoms with Crippen molar-refractivity contribution >= 4 is 31.6 Å². The molecule has 2 saturated carbocycles. The second kappa shape index (κ2) is 7.31. The van der Waals surface area contributed by atoms with E-state index in [4.69, 9.17) is 4.74 Å². The monoisotopic (exact) mass is 433 g/mol. The molecule has 0 aromatic heterocycles. The Bertz CT molecular complexity index is 763. The summed E-state index contributed by atoms with van der Waals surface area (Å²) < 4.78 is 32.6. The van der Waals surface area contributed by atoms with Gasteiger partial charge in [-0.2, -0.15) is 9.90 Å². The third-order valence-electron chi connectivity index (χ3n) is 8.15. The average Bonchev–Trinajstić information content (AvgIpc) is 3.05. The van der Waals surface area contributed by atoms with Gasteiger partial charge in [-0.05, 0) is 30.6 Å². The molecule has 8 heteroatoms. The number of nitrogens with zero attached hydrogens (tertiary/aromatic N) is 1. The number of rotatable bonds is 6. The first-order valence-electron chi connectivity index (χ1n) is 9.96. The highest BCUT2D eigenvalue weighted by molar-refractivity contribution is 7.90. The Morgan fingerprint density at radius 2 is 1.89 bits per heavy atom. The van der Waals surface area contributed by atoms with Crippen LogP contribution in [0.4, 0.5) is 0 Å². The molecule has 2 bridgehead atoms. The lowest BCUT2D eigenvalue weighted by molar-refractivity contribution is -0.140. The van der Waals surface area contributed by atoms with Gasteiger partial charge >= 0.3 is 0 Å². The first kappa shape index (κ1) is 23.8. The number of sulfonamides is 1. The van der Waals surface area contributed by atoms with Crippen LogP contribution in [0.25, 0.3) is 0 Å². The maximum atomic E-state index is 13.2. The van der Waals surface area contributed by atoms with E-state index in [1.807, 2.05) is 0 Å². The minimum absolute atomic E-state index is 0. The summed E-state index contributed by atoms with van der Waals surface area (Å²) in [7, 11) is -2.17. The smallest absolute Gasteiger partial charge is 0.238 e. The summed E-state index contributed by atoms with van der Waals surface area (Å²) in [4.78, 5) is 25.5. The van der Waals surface area contributed by atoms with Crippen LogP contribution >= 0.6 is 9.90 Å². The summed E-state index contributed by atoms with van der Waals surface area (Å²) in [5.41, 5.74) is -1.24. The van der Waals surface area contributed by atoms with Crippen LogP contribution in [0.1, 0.15) is 66.7 Å².